The van der Waals surface area contributed by atoms with Gasteiger partial charge in [-0.1, -0.05) is 20.3 Å². The van der Waals surface area contributed by atoms with E-state index < -0.39 is 0 Å². The molecular formula is C11H20N4S. The van der Waals surface area contributed by atoms with E-state index in [1.807, 2.05) is 11.8 Å². The van der Waals surface area contributed by atoms with Crippen LogP contribution in [0, 0.1) is 0 Å². The zero-order chi connectivity index (χ0) is 12.0. The lowest BCUT2D eigenvalue weighted by Crippen LogP contribution is -2.16. The van der Waals surface area contributed by atoms with Crippen molar-refractivity contribution in [3.05, 3.63) is 11.9 Å². The van der Waals surface area contributed by atoms with Crippen molar-refractivity contribution < 1.29 is 0 Å². The van der Waals surface area contributed by atoms with Gasteiger partial charge in [-0.25, -0.2) is 9.97 Å². The number of rotatable bonds is 6. The number of nitrogens with two attached hydrogens (primary N) is 1. The van der Waals surface area contributed by atoms with Crippen LogP contribution in [-0.4, -0.2) is 28.0 Å². The van der Waals surface area contributed by atoms with Crippen LogP contribution < -0.4 is 11.1 Å². The first-order chi connectivity index (χ1) is 7.69. The number of nitrogens with zero attached hydrogens (tertiary/aromatic N) is 2. The highest BCUT2D eigenvalue weighted by Gasteiger charge is 2.08. The smallest absolute Gasteiger partial charge is 0.134 e. The molecular weight excluding hydrogens is 220 g/mol. The molecule has 3 N–H and O–H groups in total. The first kappa shape index (κ1) is 13.1. The fourth-order valence-electron chi connectivity index (χ4n) is 1.40. The first-order valence-electron chi connectivity index (χ1n) is 5.55. The Morgan fingerprint density at radius 3 is 2.88 bits per heavy atom. The van der Waals surface area contributed by atoms with Crippen LogP contribution in [0.3, 0.4) is 0 Å². The molecule has 0 bridgehead atoms. The van der Waals surface area contributed by atoms with Gasteiger partial charge in [0, 0.05) is 17.4 Å². The van der Waals surface area contributed by atoms with Crippen molar-refractivity contribution >= 4 is 23.4 Å². The summed E-state index contributed by atoms with van der Waals surface area (Å²) in [5, 5.41) is 3.90. The second-order valence-electron chi connectivity index (χ2n) is 3.76. The number of anilines is 2. The van der Waals surface area contributed by atoms with E-state index in [0.717, 1.165) is 30.8 Å². The van der Waals surface area contributed by atoms with E-state index in [1.165, 1.54) is 6.33 Å². The maximum absolute atomic E-state index is 5.85. The molecule has 0 aliphatic rings. The molecule has 0 saturated carbocycles. The van der Waals surface area contributed by atoms with E-state index in [9.17, 15) is 0 Å². The predicted octanol–water partition coefficient (Wildman–Crippen LogP) is 2.17. The van der Waals surface area contributed by atoms with E-state index in [1.54, 1.807) is 0 Å². The molecule has 0 radical (unpaired) electrons. The fraction of sp³-hybridized carbons (Fsp3) is 0.636. The third-order valence-corrected chi connectivity index (χ3v) is 3.41. The second kappa shape index (κ2) is 6.58. The van der Waals surface area contributed by atoms with E-state index >= 15 is 0 Å². The van der Waals surface area contributed by atoms with E-state index in [4.69, 9.17) is 5.73 Å². The fourth-order valence-corrected chi connectivity index (χ4v) is 1.65. The molecule has 4 nitrogen and oxygen atoms in total. The van der Waals surface area contributed by atoms with Crippen LogP contribution >= 0.6 is 11.8 Å². The Morgan fingerprint density at radius 2 is 2.25 bits per heavy atom. The summed E-state index contributed by atoms with van der Waals surface area (Å²) in [5.74, 6) is 1.48. The largest absolute Gasteiger partial charge is 0.383 e. The minimum absolute atomic E-state index is 0.561. The molecule has 1 aromatic heterocycles. The number of aromatic nitrogens is 2. The Kier molecular flexibility index (Phi) is 5.38. The summed E-state index contributed by atoms with van der Waals surface area (Å²) in [6.45, 7) is 5.21. The van der Waals surface area contributed by atoms with Gasteiger partial charge in [0.1, 0.15) is 18.0 Å². The molecule has 0 amide bonds. The Balaban J connectivity index is 2.74. The van der Waals surface area contributed by atoms with Gasteiger partial charge in [0.15, 0.2) is 0 Å². The predicted molar refractivity (Wildman–Crippen MR) is 71.9 cm³/mol. The number of nitrogen functional groups attached to an aromatic ring is 1. The Morgan fingerprint density at radius 1 is 1.50 bits per heavy atom. The highest BCUT2D eigenvalue weighted by atomic mass is 32.2. The van der Waals surface area contributed by atoms with E-state index in [2.05, 4.69) is 35.4 Å². The Bertz CT molecular complexity index is 330. The lowest BCUT2D eigenvalue weighted by atomic mass is 10.1. The van der Waals surface area contributed by atoms with Gasteiger partial charge in [0.25, 0.3) is 0 Å². The average Bonchev–Trinajstić information content (AvgIpc) is 2.29. The molecule has 0 aliphatic carbocycles. The standard InChI is InChI=1S/C11H20N4S/c1-4-5-9-10(12)14-7-15-11(9)13-6-8(2)16-3/h7-8H,4-6H2,1-3H3,(H3,12,13,14,15). The molecule has 1 rings (SSSR count). The van der Waals surface area contributed by atoms with Crippen molar-refractivity contribution in [2.45, 2.75) is 31.9 Å². The number of hydrogen-bond acceptors (Lipinski definition) is 5. The summed E-state index contributed by atoms with van der Waals surface area (Å²) in [5.41, 5.74) is 6.89. The monoisotopic (exact) mass is 240 g/mol. The Hall–Kier alpha value is -0.970. The quantitative estimate of drug-likeness (QED) is 0.798. The molecule has 0 aromatic carbocycles. The SMILES string of the molecule is CCCc1c(N)ncnc1NCC(C)SC. The maximum Gasteiger partial charge on any atom is 0.134 e. The van der Waals surface area contributed by atoms with Gasteiger partial charge in [0.05, 0.1) is 0 Å². The highest BCUT2D eigenvalue weighted by Crippen LogP contribution is 2.19. The molecule has 0 fully saturated rings. The summed E-state index contributed by atoms with van der Waals surface area (Å²) in [4.78, 5) is 8.28. The van der Waals surface area contributed by atoms with Crippen molar-refractivity contribution in [1.29, 1.82) is 0 Å². The van der Waals surface area contributed by atoms with Gasteiger partial charge in [-0.3, -0.25) is 0 Å². The zero-order valence-electron chi connectivity index (χ0n) is 10.2. The van der Waals surface area contributed by atoms with Crippen molar-refractivity contribution in [2.75, 3.05) is 23.9 Å². The van der Waals surface area contributed by atoms with Gasteiger partial charge in [-0.05, 0) is 12.7 Å². The van der Waals surface area contributed by atoms with Crippen molar-refractivity contribution in [3.8, 4) is 0 Å². The Labute approximate surface area is 101 Å². The van der Waals surface area contributed by atoms with Crippen LogP contribution in [0.1, 0.15) is 25.8 Å². The van der Waals surface area contributed by atoms with E-state index in [0.29, 0.717) is 11.1 Å². The molecule has 1 unspecified atom stereocenters. The molecule has 0 saturated heterocycles. The van der Waals surface area contributed by atoms with Crippen LogP contribution in [0.15, 0.2) is 6.33 Å². The van der Waals surface area contributed by atoms with Crippen LogP contribution in [0.4, 0.5) is 11.6 Å². The molecule has 90 valence electrons. The normalized spacial score (nSPS) is 12.4. The summed E-state index contributed by atoms with van der Waals surface area (Å²) in [6.07, 6.45) is 5.58. The number of nitrogens with one attached hydrogen (secondary N) is 1. The maximum atomic E-state index is 5.85. The molecule has 0 spiro atoms. The first-order valence-corrected chi connectivity index (χ1v) is 6.83. The van der Waals surface area contributed by atoms with Crippen LogP contribution in [0.2, 0.25) is 0 Å². The minimum atomic E-state index is 0.561. The van der Waals surface area contributed by atoms with Gasteiger partial charge in [-0.2, -0.15) is 11.8 Å². The lowest BCUT2D eigenvalue weighted by molar-refractivity contribution is 0.896. The topological polar surface area (TPSA) is 63.8 Å². The van der Waals surface area contributed by atoms with Crippen molar-refractivity contribution in [1.82, 2.24) is 9.97 Å². The molecule has 5 heteroatoms. The molecule has 1 heterocycles. The van der Waals surface area contributed by atoms with Crippen LogP contribution in [0.25, 0.3) is 0 Å². The van der Waals surface area contributed by atoms with Crippen LogP contribution in [0.5, 0.6) is 0 Å². The molecule has 1 aromatic rings. The summed E-state index contributed by atoms with van der Waals surface area (Å²) < 4.78 is 0. The molecule has 16 heavy (non-hydrogen) atoms. The summed E-state index contributed by atoms with van der Waals surface area (Å²) >= 11 is 1.83. The number of hydrogen-bond donors (Lipinski definition) is 2. The van der Waals surface area contributed by atoms with Crippen molar-refractivity contribution in [2.24, 2.45) is 0 Å². The van der Waals surface area contributed by atoms with Gasteiger partial charge >= 0.3 is 0 Å². The second-order valence-corrected chi connectivity index (χ2v) is 5.04. The summed E-state index contributed by atoms with van der Waals surface area (Å²) in [6, 6.07) is 0. The van der Waals surface area contributed by atoms with Gasteiger partial charge < -0.3 is 11.1 Å². The van der Waals surface area contributed by atoms with E-state index in [-0.39, 0.29) is 0 Å². The molecule has 1 atom stereocenters. The lowest BCUT2D eigenvalue weighted by Gasteiger charge is -2.14. The van der Waals surface area contributed by atoms with Gasteiger partial charge in [-0.15, -0.1) is 0 Å². The van der Waals surface area contributed by atoms with Crippen LogP contribution in [-0.2, 0) is 6.42 Å². The number of thioether (sulfide) groups is 1. The minimum Gasteiger partial charge on any atom is -0.383 e. The third kappa shape index (κ3) is 3.56. The molecule has 0 aliphatic heterocycles. The average molecular weight is 240 g/mol. The van der Waals surface area contributed by atoms with Gasteiger partial charge in [0.2, 0.25) is 0 Å². The zero-order valence-corrected chi connectivity index (χ0v) is 11.0. The summed E-state index contributed by atoms with van der Waals surface area (Å²) in [7, 11) is 0. The third-order valence-electron chi connectivity index (χ3n) is 2.44. The highest BCUT2D eigenvalue weighted by molar-refractivity contribution is 7.99. The van der Waals surface area contributed by atoms with Crippen molar-refractivity contribution in [3.63, 3.8) is 0 Å².